The summed E-state index contributed by atoms with van der Waals surface area (Å²) in [5.74, 6) is -0.0445. The molecule has 1 heterocycles. The Hall–Kier alpha value is -1.06. The zero-order valence-corrected chi connectivity index (χ0v) is 8.33. The lowest BCUT2D eigenvalue weighted by Gasteiger charge is -2.23. The van der Waals surface area contributed by atoms with E-state index in [9.17, 15) is 9.59 Å². The van der Waals surface area contributed by atoms with Crippen LogP contribution >= 0.6 is 0 Å². The zero-order chi connectivity index (χ0) is 10.0. The van der Waals surface area contributed by atoms with Crippen molar-refractivity contribution < 1.29 is 9.59 Å². The Morgan fingerprint density at radius 2 is 2.23 bits per heavy atom. The lowest BCUT2D eigenvalue weighted by molar-refractivity contribution is -0.139. The summed E-state index contributed by atoms with van der Waals surface area (Å²) in [7, 11) is 1.69. The Labute approximate surface area is 78.3 Å². The van der Waals surface area contributed by atoms with Gasteiger partial charge in [0.1, 0.15) is 6.04 Å². The fraction of sp³-hybridized carbons (Fsp3) is 0.778. The van der Waals surface area contributed by atoms with Crippen molar-refractivity contribution >= 4 is 11.8 Å². The van der Waals surface area contributed by atoms with Gasteiger partial charge in [0.25, 0.3) is 0 Å². The highest BCUT2D eigenvalue weighted by Crippen LogP contribution is 2.10. The van der Waals surface area contributed by atoms with Gasteiger partial charge in [0, 0.05) is 19.5 Å². The van der Waals surface area contributed by atoms with E-state index in [2.05, 4.69) is 5.32 Å². The molecule has 1 fully saturated rings. The van der Waals surface area contributed by atoms with Crippen LogP contribution in [0.2, 0.25) is 0 Å². The minimum absolute atomic E-state index is 0.0297. The summed E-state index contributed by atoms with van der Waals surface area (Å²) in [6.07, 6.45) is 0.730. The van der Waals surface area contributed by atoms with Crippen molar-refractivity contribution in [3.05, 3.63) is 0 Å². The van der Waals surface area contributed by atoms with Gasteiger partial charge in [-0.1, -0.05) is 13.8 Å². The number of carbonyl (C=O) groups is 2. The Bertz CT molecular complexity index is 226. The molecule has 0 radical (unpaired) electrons. The molecule has 0 bridgehead atoms. The Kier molecular flexibility index (Phi) is 2.90. The number of rotatable bonds is 2. The number of hydrogen-bond acceptors (Lipinski definition) is 2. The molecule has 13 heavy (non-hydrogen) atoms. The summed E-state index contributed by atoms with van der Waals surface area (Å²) in [5, 5.41) is 2.71. The molecule has 1 atom stereocenters. The van der Waals surface area contributed by atoms with Crippen molar-refractivity contribution in [3.63, 3.8) is 0 Å². The monoisotopic (exact) mass is 184 g/mol. The van der Waals surface area contributed by atoms with Gasteiger partial charge in [-0.15, -0.1) is 0 Å². The Balaban J connectivity index is 2.61. The third-order valence-electron chi connectivity index (χ3n) is 2.33. The predicted octanol–water partition coefficient (Wildman–Crippen LogP) is -0.0107. The normalized spacial score (nSPS) is 21.8. The van der Waals surface area contributed by atoms with E-state index >= 15 is 0 Å². The average Bonchev–Trinajstić information content (AvgIpc) is 2.48. The first-order valence-corrected chi connectivity index (χ1v) is 4.58. The largest absolute Gasteiger partial charge is 0.354 e. The fourth-order valence-electron chi connectivity index (χ4n) is 1.51. The molecule has 1 aliphatic rings. The molecule has 0 aromatic rings. The maximum absolute atomic E-state index is 11.5. The van der Waals surface area contributed by atoms with Crippen molar-refractivity contribution in [2.75, 3.05) is 13.6 Å². The van der Waals surface area contributed by atoms with E-state index in [0.29, 0.717) is 6.54 Å². The van der Waals surface area contributed by atoms with Crippen molar-refractivity contribution in [2.45, 2.75) is 26.3 Å². The summed E-state index contributed by atoms with van der Waals surface area (Å²) in [6.45, 7) is 4.36. The van der Waals surface area contributed by atoms with Crippen LogP contribution in [0.4, 0.5) is 0 Å². The number of likely N-dealkylation sites (N-methyl/N-ethyl adjacent to an activating group) is 1. The molecule has 1 saturated heterocycles. The first kappa shape index (κ1) is 10.0. The van der Waals surface area contributed by atoms with E-state index in [1.54, 1.807) is 11.9 Å². The second kappa shape index (κ2) is 3.77. The highest BCUT2D eigenvalue weighted by Gasteiger charge is 2.31. The van der Waals surface area contributed by atoms with Crippen LogP contribution in [-0.2, 0) is 9.59 Å². The molecule has 0 unspecified atom stereocenters. The summed E-state index contributed by atoms with van der Waals surface area (Å²) < 4.78 is 0. The summed E-state index contributed by atoms with van der Waals surface area (Å²) in [5.41, 5.74) is 0. The van der Waals surface area contributed by atoms with Crippen molar-refractivity contribution in [1.29, 1.82) is 0 Å². The van der Waals surface area contributed by atoms with Crippen LogP contribution in [0.15, 0.2) is 0 Å². The molecule has 0 aromatic carbocycles. The van der Waals surface area contributed by atoms with Gasteiger partial charge in [0.05, 0.1) is 0 Å². The molecular formula is C9H16N2O2. The first-order chi connectivity index (χ1) is 6.04. The minimum atomic E-state index is -0.255. The van der Waals surface area contributed by atoms with Crippen LogP contribution in [0.3, 0.4) is 0 Å². The molecule has 4 nitrogen and oxygen atoms in total. The van der Waals surface area contributed by atoms with E-state index in [1.807, 2.05) is 13.8 Å². The summed E-state index contributed by atoms with van der Waals surface area (Å²) in [6, 6.07) is -0.255. The molecule has 0 spiro atoms. The van der Waals surface area contributed by atoms with Gasteiger partial charge < -0.3 is 10.2 Å². The van der Waals surface area contributed by atoms with E-state index in [0.717, 1.165) is 6.42 Å². The van der Waals surface area contributed by atoms with Gasteiger partial charge in [-0.25, -0.2) is 0 Å². The lowest BCUT2D eigenvalue weighted by atomic mass is 10.1. The maximum atomic E-state index is 11.5. The van der Waals surface area contributed by atoms with E-state index in [-0.39, 0.29) is 23.8 Å². The van der Waals surface area contributed by atoms with Crippen LogP contribution in [0.5, 0.6) is 0 Å². The Morgan fingerprint density at radius 3 is 2.62 bits per heavy atom. The van der Waals surface area contributed by atoms with Crippen molar-refractivity contribution in [3.8, 4) is 0 Å². The average molecular weight is 184 g/mol. The number of amides is 2. The van der Waals surface area contributed by atoms with Crippen LogP contribution in [0.1, 0.15) is 20.3 Å². The van der Waals surface area contributed by atoms with Crippen molar-refractivity contribution in [1.82, 2.24) is 10.2 Å². The Morgan fingerprint density at radius 1 is 1.62 bits per heavy atom. The quantitative estimate of drug-likeness (QED) is 0.656. The molecule has 2 amide bonds. The molecule has 0 aromatic heterocycles. The van der Waals surface area contributed by atoms with Gasteiger partial charge in [-0.2, -0.15) is 0 Å². The number of hydrogen-bond donors (Lipinski definition) is 1. The molecular weight excluding hydrogens is 168 g/mol. The third-order valence-corrected chi connectivity index (χ3v) is 2.33. The van der Waals surface area contributed by atoms with E-state index in [1.165, 1.54) is 0 Å². The van der Waals surface area contributed by atoms with Gasteiger partial charge in [-0.3, -0.25) is 9.59 Å². The highest BCUT2D eigenvalue weighted by molar-refractivity contribution is 5.89. The number of nitrogens with one attached hydrogen (secondary N) is 1. The highest BCUT2D eigenvalue weighted by atomic mass is 16.2. The molecule has 74 valence electrons. The second-order valence-corrected chi connectivity index (χ2v) is 3.70. The van der Waals surface area contributed by atoms with Gasteiger partial charge in [-0.05, 0) is 6.42 Å². The van der Waals surface area contributed by atoms with Crippen LogP contribution in [-0.4, -0.2) is 36.3 Å². The van der Waals surface area contributed by atoms with E-state index in [4.69, 9.17) is 0 Å². The number of carbonyl (C=O) groups excluding carboxylic acids is 2. The summed E-state index contributed by atoms with van der Waals surface area (Å²) >= 11 is 0. The summed E-state index contributed by atoms with van der Waals surface area (Å²) in [4.78, 5) is 24.3. The molecule has 1 rings (SSSR count). The molecule has 0 aliphatic carbocycles. The zero-order valence-electron chi connectivity index (χ0n) is 8.33. The molecule has 4 heteroatoms. The maximum Gasteiger partial charge on any atom is 0.242 e. The third kappa shape index (κ3) is 1.99. The molecule has 1 N–H and O–H groups in total. The topological polar surface area (TPSA) is 49.4 Å². The van der Waals surface area contributed by atoms with Crippen LogP contribution in [0.25, 0.3) is 0 Å². The van der Waals surface area contributed by atoms with Crippen molar-refractivity contribution in [2.24, 2.45) is 5.92 Å². The van der Waals surface area contributed by atoms with E-state index < -0.39 is 0 Å². The van der Waals surface area contributed by atoms with Crippen LogP contribution < -0.4 is 5.32 Å². The predicted molar refractivity (Wildman–Crippen MR) is 49.0 cm³/mol. The first-order valence-electron chi connectivity index (χ1n) is 4.58. The minimum Gasteiger partial charge on any atom is -0.354 e. The molecule has 0 saturated carbocycles. The smallest absolute Gasteiger partial charge is 0.242 e. The SMILES string of the molecule is CC(C)C(=O)N(C)[C@H]1CCNC1=O. The van der Waals surface area contributed by atoms with Gasteiger partial charge in [0.2, 0.25) is 11.8 Å². The van der Waals surface area contributed by atoms with Crippen LogP contribution in [0, 0.1) is 5.92 Å². The van der Waals surface area contributed by atoms with Gasteiger partial charge in [0.15, 0.2) is 0 Å². The second-order valence-electron chi connectivity index (χ2n) is 3.70. The fourth-order valence-corrected chi connectivity index (χ4v) is 1.51. The molecule has 1 aliphatic heterocycles. The standard InChI is InChI=1S/C9H16N2O2/c1-6(2)9(13)11(3)7-4-5-10-8(7)12/h6-7H,4-5H2,1-3H3,(H,10,12)/t7-/m0/s1. The number of nitrogens with zero attached hydrogens (tertiary/aromatic N) is 1. The lowest BCUT2D eigenvalue weighted by Crippen LogP contribution is -2.43. The van der Waals surface area contributed by atoms with Gasteiger partial charge >= 0.3 is 0 Å².